The van der Waals surface area contributed by atoms with E-state index in [9.17, 15) is 13.2 Å². The van der Waals surface area contributed by atoms with Gasteiger partial charge in [0.1, 0.15) is 0 Å². The molecule has 2 aliphatic heterocycles. The lowest BCUT2D eigenvalue weighted by Gasteiger charge is -2.37. The van der Waals surface area contributed by atoms with E-state index in [1.54, 1.807) is 11.9 Å². The molecule has 0 aliphatic carbocycles. The number of hydrogen-bond acceptors (Lipinski definition) is 4. The van der Waals surface area contributed by atoms with Gasteiger partial charge in [-0.1, -0.05) is 6.92 Å². The van der Waals surface area contributed by atoms with Gasteiger partial charge in [-0.25, -0.2) is 8.42 Å². The summed E-state index contributed by atoms with van der Waals surface area (Å²) in [6, 6.07) is -0.130. The van der Waals surface area contributed by atoms with Gasteiger partial charge in [-0.15, -0.1) is 0 Å². The van der Waals surface area contributed by atoms with E-state index in [1.165, 1.54) is 0 Å². The lowest BCUT2D eigenvalue weighted by atomic mass is 9.79. The van der Waals surface area contributed by atoms with Gasteiger partial charge in [-0.05, 0) is 32.4 Å². The van der Waals surface area contributed by atoms with Gasteiger partial charge in [0.05, 0.1) is 11.5 Å². The molecule has 0 aromatic carbocycles. The molecule has 2 aliphatic rings. The topological polar surface area (TPSA) is 66.5 Å². The number of rotatable bonds is 2. The molecule has 2 heterocycles. The Hall–Kier alpha value is -0.620. The first-order valence-electron chi connectivity index (χ1n) is 6.52. The second kappa shape index (κ2) is 4.81. The monoisotopic (exact) mass is 274 g/mol. The summed E-state index contributed by atoms with van der Waals surface area (Å²) in [5, 5.41) is 3.25. The molecule has 6 heteroatoms. The third-order valence-corrected chi connectivity index (χ3v) is 6.05. The van der Waals surface area contributed by atoms with Gasteiger partial charge in [0.25, 0.3) is 0 Å². The minimum absolute atomic E-state index is 0.103. The summed E-state index contributed by atoms with van der Waals surface area (Å²) in [6.07, 6.45) is 2.24. The predicted octanol–water partition coefficient (Wildman–Crippen LogP) is 0.0216. The quantitative estimate of drug-likeness (QED) is 0.771. The SMILES string of the molecule is CN(C(=O)C1(C)CCNCC1)C1CCS(=O)(=O)C1. The van der Waals surface area contributed by atoms with E-state index >= 15 is 0 Å². The molecule has 0 radical (unpaired) electrons. The Balaban J connectivity index is 2.04. The summed E-state index contributed by atoms with van der Waals surface area (Å²) in [6.45, 7) is 3.72. The molecule has 0 aromatic rings. The fourth-order valence-corrected chi connectivity index (χ4v) is 4.64. The Morgan fingerprint density at radius 3 is 2.44 bits per heavy atom. The summed E-state index contributed by atoms with van der Waals surface area (Å²) in [7, 11) is -1.18. The van der Waals surface area contributed by atoms with Crippen LogP contribution >= 0.6 is 0 Å². The predicted molar refractivity (Wildman–Crippen MR) is 70.0 cm³/mol. The molecule has 18 heavy (non-hydrogen) atoms. The average Bonchev–Trinajstić information content (AvgIpc) is 2.69. The van der Waals surface area contributed by atoms with Crippen molar-refractivity contribution < 1.29 is 13.2 Å². The number of amides is 1. The molecular weight excluding hydrogens is 252 g/mol. The van der Waals surface area contributed by atoms with Crippen molar-refractivity contribution >= 4 is 15.7 Å². The Morgan fingerprint density at radius 2 is 1.94 bits per heavy atom. The van der Waals surface area contributed by atoms with E-state index < -0.39 is 9.84 Å². The van der Waals surface area contributed by atoms with E-state index in [1.807, 2.05) is 6.92 Å². The highest BCUT2D eigenvalue weighted by atomic mass is 32.2. The molecule has 0 saturated carbocycles. The molecule has 2 rings (SSSR count). The van der Waals surface area contributed by atoms with Crippen molar-refractivity contribution in [1.29, 1.82) is 0 Å². The van der Waals surface area contributed by atoms with Crippen molar-refractivity contribution in [3.8, 4) is 0 Å². The number of nitrogens with zero attached hydrogens (tertiary/aromatic N) is 1. The summed E-state index contributed by atoms with van der Waals surface area (Å²) >= 11 is 0. The van der Waals surface area contributed by atoms with E-state index in [-0.39, 0.29) is 28.9 Å². The Kier molecular flexibility index (Phi) is 3.69. The number of sulfone groups is 1. The van der Waals surface area contributed by atoms with Gasteiger partial charge in [-0.3, -0.25) is 4.79 Å². The van der Waals surface area contributed by atoms with Gasteiger partial charge in [0.15, 0.2) is 9.84 Å². The Labute approximate surface area is 109 Å². The van der Waals surface area contributed by atoms with Crippen LogP contribution in [0, 0.1) is 5.41 Å². The van der Waals surface area contributed by atoms with Crippen LogP contribution in [-0.4, -0.2) is 56.9 Å². The molecule has 0 aromatic heterocycles. The smallest absolute Gasteiger partial charge is 0.228 e. The molecule has 5 nitrogen and oxygen atoms in total. The molecular formula is C12H22N2O3S. The molecule has 0 bridgehead atoms. The van der Waals surface area contributed by atoms with E-state index in [2.05, 4.69) is 5.32 Å². The zero-order chi connectivity index (χ0) is 13.4. The third-order valence-electron chi connectivity index (χ3n) is 4.30. The Bertz CT molecular complexity index is 427. The first kappa shape index (κ1) is 13.8. The largest absolute Gasteiger partial charge is 0.341 e. The fourth-order valence-electron chi connectivity index (χ4n) is 2.86. The molecule has 104 valence electrons. The van der Waals surface area contributed by atoms with Crippen LogP contribution in [0.5, 0.6) is 0 Å². The lowest BCUT2D eigenvalue weighted by molar-refractivity contribution is -0.143. The molecule has 2 saturated heterocycles. The van der Waals surface area contributed by atoms with Crippen molar-refractivity contribution in [3.63, 3.8) is 0 Å². The van der Waals surface area contributed by atoms with E-state index in [0.717, 1.165) is 25.9 Å². The maximum Gasteiger partial charge on any atom is 0.228 e. The van der Waals surface area contributed by atoms with Crippen LogP contribution in [0.4, 0.5) is 0 Å². The highest BCUT2D eigenvalue weighted by Crippen LogP contribution is 2.31. The van der Waals surface area contributed by atoms with Crippen molar-refractivity contribution in [3.05, 3.63) is 0 Å². The van der Waals surface area contributed by atoms with Gasteiger partial charge in [0, 0.05) is 18.5 Å². The first-order chi connectivity index (χ1) is 8.34. The Morgan fingerprint density at radius 1 is 1.33 bits per heavy atom. The highest BCUT2D eigenvalue weighted by molar-refractivity contribution is 7.91. The lowest BCUT2D eigenvalue weighted by Crippen LogP contribution is -2.49. The number of hydrogen-bond donors (Lipinski definition) is 1. The van der Waals surface area contributed by atoms with Crippen LogP contribution in [0.3, 0.4) is 0 Å². The number of piperidine rings is 1. The van der Waals surface area contributed by atoms with Crippen molar-refractivity contribution in [2.75, 3.05) is 31.6 Å². The number of carbonyl (C=O) groups is 1. The van der Waals surface area contributed by atoms with Crippen molar-refractivity contribution in [2.24, 2.45) is 5.41 Å². The summed E-state index contributed by atoms with van der Waals surface area (Å²) < 4.78 is 23.0. The minimum atomic E-state index is -2.93. The molecule has 0 spiro atoms. The molecule has 1 N–H and O–H groups in total. The van der Waals surface area contributed by atoms with Crippen LogP contribution in [0.25, 0.3) is 0 Å². The van der Waals surface area contributed by atoms with Crippen LogP contribution in [0.2, 0.25) is 0 Å². The van der Waals surface area contributed by atoms with Crippen LogP contribution in [0.1, 0.15) is 26.2 Å². The average molecular weight is 274 g/mol. The van der Waals surface area contributed by atoms with Crippen LogP contribution < -0.4 is 5.32 Å². The highest BCUT2D eigenvalue weighted by Gasteiger charge is 2.41. The van der Waals surface area contributed by atoms with Crippen molar-refractivity contribution in [1.82, 2.24) is 10.2 Å². The van der Waals surface area contributed by atoms with Crippen LogP contribution in [0.15, 0.2) is 0 Å². The van der Waals surface area contributed by atoms with Crippen LogP contribution in [-0.2, 0) is 14.6 Å². The minimum Gasteiger partial charge on any atom is -0.341 e. The van der Waals surface area contributed by atoms with Gasteiger partial charge < -0.3 is 10.2 Å². The molecule has 2 fully saturated rings. The van der Waals surface area contributed by atoms with Gasteiger partial charge >= 0.3 is 0 Å². The molecule has 1 unspecified atom stereocenters. The second-order valence-electron chi connectivity index (χ2n) is 5.78. The number of carbonyl (C=O) groups excluding carboxylic acids is 1. The maximum absolute atomic E-state index is 12.5. The number of nitrogens with one attached hydrogen (secondary N) is 1. The fraction of sp³-hybridized carbons (Fsp3) is 0.917. The van der Waals surface area contributed by atoms with E-state index in [0.29, 0.717) is 6.42 Å². The maximum atomic E-state index is 12.5. The van der Waals surface area contributed by atoms with Gasteiger partial charge in [0.2, 0.25) is 5.91 Å². The summed E-state index contributed by atoms with van der Waals surface area (Å²) in [4.78, 5) is 14.2. The first-order valence-corrected chi connectivity index (χ1v) is 8.35. The molecule has 1 atom stereocenters. The normalized spacial score (nSPS) is 30.0. The van der Waals surface area contributed by atoms with Gasteiger partial charge in [-0.2, -0.15) is 0 Å². The van der Waals surface area contributed by atoms with Crippen molar-refractivity contribution in [2.45, 2.75) is 32.2 Å². The summed E-state index contributed by atoms with van der Waals surface area (Å²) in [5.74, 6) is 0.447. The zero-order valence-corrected chi connectivity index (χ0v) is 11.9. The standard InChI is InChI=1S/C12H22N2O3S/c1-12(4-6-13-7-5-12)11(15)14(2)10-3-8-18(16,17)9-10/h10,13H,3-9H2,1-2H3. The third kappa shape index (κ3) is 2.69. The molecule has 1 amide bonds. The van der Waals surface area contributed by atoms with E-state index in [4.69, 9.17) is 0 Å². The zero-order valence-electron chi connectivity index (χ0n) is 11.1. The second-order valence-corrected chi connectivity index (χ2v) is 8.01. The summed E-state index contributed by atoms with van der Waals surface area (Å²) in [5.41, 5.74) is -0.327.